The normalized spacial score (nSPS) is 10.3. The molecule has 0 unspecified atom stereocenters. The minimum atomic E-state index is -0.0407. The summed E-state index contributed by atoms with van der Waals surface area (Å²) in [5, 5.41) is 10.1. The number of aliphatic hydroxyl groups is 1. The van der Waals surface area contributed by atoms with E-state index in [0.717, 1.165) is 5.56 Å². The van der Waals surface area contributed by atoms with Crippen LogP contribution in [0.15, 0.2) is 42.5 Å². The van der Waals surface area contributed by atoms with Gasteiger partial charge in [-0.1, -0.05) is 29.3 Å². The maximum atomic E-state index is 8.96. The highest BCUT2D eigenvalue weighted by molar-refractivity contribution is 6.32. The highest BCUT2D eigenvalue weighted by atomic mass is 35.5. The molecule has 0 heterocycles. The highest BCUT2D eigenvalue weighted by Crippen LogP contribution is 2.30. The summed E-state index contributed by atoms with van der Waals surface area (Å²) in [4.78, 5) is 0. The van der Waals surface area contributed by atoms with Crippen molar-refractivity contribution < 1.29 is 9.84 Å². The fourth-order valence-electron chi connectivity index (χ4n) is 1.36. The first-order chi connectivity index (χ1) is 8.19. The van der Waals surface area contributed by atoms with Crippen molar-refractivity contribution >= 4 is 23.2 Å². The Morgan fingerprint density at radius 1 is 1.00 bits per heavy atom. The van der Waals surface area contributed by atoms with E-state index in [9.17, 15) is 0 Å². The predicted octanol–water partition coefficient (Wildman–Crippen LogP) is 4.28. The maximum Gasteiger partial charge on any atom is 0.146 e. The van der Waals surface area contributed by atoms with Gasteiger partial charge in [0.2, 0.25) is 0 Å². The monoisotopic (exact) mass is 268 g/mol. The van der Waals surface area contributed by atoms with Gasteiger partial charge in [0, 0.05) is 5.02 Å². The molecule has 0 amide bonds. The third kappa shape index (κ3) is 3.13. The van der Waals surface area contributed by atoms with Gasteiger partial charge in [-0.2, -0.15) is 0 Å². The molecule has 0 aliphatic carbocycles. The fraction of sp³-hybridized carbons (Fsp3) is 0.0769. The lowest BCUT2D eigenvalue weighted by Gasteiger charge is -2.08. The molecule has 0 bridgehead atoms. The van der Waals surface area contributed by atoms with Gasteiger partial charge in [0.25, 0.3) is 0 Å². The van der Waals surface area contributed by atoms with E-state index in [2.05, 4.69) is 0 Å². The first-order valence-electron chi connectivity index (χ1n) is 5.02. The zero-order chi connectivity index (χ0) is 12.3. The maximum absolute atomic E-state index is 8.96. The lowest BCUT2D eigenvalue weighted by molar-refractivity contribution is 0.281. The van der Waals surface area contributed by atoms with Crippen LogP contribution in [-0.4, -0.2) is 5.11 Å². The van der Waals surface area contributed by atoms with Gasteiger partial charge in [0.05, 0.1) is 11.6 Å². The van der Waals surface area contributed by atoms with Gasteiger partial charge in [0.15, 0.2) is 0 Å². The SMILES string of the molecule is OCc1ccc(Oc2ccc(Cl)cc2)c(Cl)c1. The van der Waals surface area contributed by atoms with Crippen LogP contribution in [-0.2, 0) is 6.61 Å². The smallest absolute Gasteiger partial charge is 0.146 e. The second-order valence-corrected chi connectivity index (χ2v) is 4.32. The lowest BCUT2D eigenvalue weighted by atomic mass is 10.2. The van der Waals surface area contributed by atoms with E-state index in [1.807, 2.05) is 0 Å². The van der Waals surface area contributed by atoms with E-state index in [-0.39, 0.29) is 6.61 Å². The van der Waals surface area contributed by atoms with Crippen molar-refractivity contribution in [1.82, 2.24) is 0 Å². The number of hydrogen-bond acceptors (Lipinski definition) is 2. The molecule has 0 aliphatic rings. The fourth-order valence-corrected chi connectivity index (χ4v) is 1.72. The van der Waals surface area contributed by atoms with Crippen molar-refractivity contribution in [3.63, 3.8) is 0 Å². The van der Waals surface area contributed by atoms with Crippen LogP contribution >= 0.6 is 23.2 Å². The third-order valence-corrected chi connectivity index (χ3v) is 2.77. The molecule has 0 fully saturated rings. The number of ether oxygens (including phenoxy) is 1. The van der Waals surface area contributed by atoms with Crippen LogP contribution in [0.1, 0.15) is 5.56 Å². The second-order valence-electron chi connectivity index (χ2n) is 3.48. The van der Waals surface area contributed by atoms with Crippen LogP contribution < -0.4 is 4.74 Å². The van der Waals surface area contributed by atoms with Crippen molar-refractivity contribution in [2.24, 2.45) is 0 Å². The zero-order valence-electron chi connectivity index (χ0n) is 8.86. The van der Waals surface area contributed by atoms with Crippen molar-refractivity contribution in [2.45, 2.75) is 6.61 Å². The summed E-state index contributed by atoms with van der Waals surface area (Å²) in [6.07, 6.45) is 0. The Kier molecular flexibility index (Phi) is 3.89. The number of halogens is 2. The molecule has 2 aromatic carbocycles. The number of rotatable bonds is 3. The third-order valence-electron chi connectivity index (χ3n) is 2.22. The van der Waals surface area contributed by atoms with E-state index < -0.39 is 0 Å². The van der Waals surface area contributed by atoms with E-state index in [0.29, 0.717) is 21.5 Å². The standard InChI is InChI=1S/C13H10Cl2O2/c14-10-2-4-11(5-3-10)17-13-6-1-9(8-16)7-12(13)15/h1-7,16H,8H2. The highest BCUT2D eigenvalue weighted by Gasteiger charge is 2.04. The van der Waals surface area contributed by atoms with Gasteiger partial charge in [-0.15, -0.1) is 0 Å². The van der Waals surface area contributed by atoms with Crippen molar-refractivity contribution in [3.05, 3.63) is 58.1 Å². The summed E-state index contributed by atoms with van der Waals surface area (Å²) in [5.74, 6) is 1.21. The summed E-state index contributed by atoms with van der Waals surface area (Å²) < 4.78 is 5.59. The molecule has 0 radical (unpaired) electrons. The molecule has 1 N–H and O–H groups in total. The molecule has 2 aromatic rings. The molecule has 0 atom stereocenters. The van der Waals surface area contributed by atoms with Crippen molar-refractivity contribution in [2.75, 3.05) is 0 Å². The van der Waals surface area contributed by atoms with Crippen LogP contribution in [0.4, 0.5) is 0 Å². The van der Waals surface area contributed by atoms with Gasteiger partial charge < -0.3 is 9.84 Å². The van der Waals surface area contributed by atoms with E-state index in [1.165, 1.54) is 0 Å². The van der Waals surface area contributed by atoms with Crippen LogP contribution in [0.25, 0.3) is 0 Å². The zero-order valence-corrected chi connectivity index (χ0v) is 10.4. The molecule has 2 rings (SSSR count). The molecular weight excluding hydrogens is 259 g/mol. The molecule has 88 valence electrons. The summed E-state index contributed by atoms with van der Waals surface area (Å²) >= 11 is 11.8. The Bertz CT molecular complexity index is 509. The van der Waals surface area contributed by atoms with E-state index in [1.54, 1.807) is 42.5 Å². The largest absolute Gasteiger partial charge is 0.456 e. The Morgan fingerprint density at radius 3 is 2.29 bits per heavy atom. The molecule has 0 saturated carbocycles. The average molecular weight is 269 g/mol. The number of hydrogen-bond donors (Lipinski definition) is 1. The Balaban J connectivity index is 2.21. The molecule has 0 aromatic heterocycles. The molecule has 2 nitrogen and oxygen atoms in total. The summed E-state index contributed by atoms with van der Waals surface area (Å²) in [6, 6.07) is 12.2. The van der Waals surface area contributed by atoms with Gasteiger partial charge >= 0.3 is 0 Å². The van der Waals surface area contributed by atoms with Gasteiger partial charge in [-0.05, 0) is 42.0 Å². The lowest BCUT2D eigenvalue weighted by Crippen LogP contribution is -1.88. The van der Waals surface area contributed by atoms with Gasteiger partial charge in [-0.3, -0.25) is 0 Å². The van der Waals surface area contributed by atoms with E-state index >= 15 is 0 Å². The molecule has 0 aliphatic heterocycles. The minimum absolute atomic E-state index is 0.0407. The number of aliphatic hydroxyl groups excluding tert-OH is 1. The van der Waals surface area contributed by atoms with Crippen molar-refractivity contribution in [3.8, 4) is 11.5 Å². The second kappa shape index (κ2) is 5.41. The van der Waals surface area contributed by atoms with Crippen LogP contribution in [0, 0.1) is 0 Å². The van der Waals surface area contributed by atoms with Crippen LogP contribution in [0.2, 0.25) is 10.0 Å². The summed E-state index contributed by atoms with van der Waals surface area (Å²) in [5.41, 5.74) is 0.749. The first kappa shape index (κ1) is 12.2. The first-order valence-corrected chi connectivity index (χ1v) is 5.77. The number of benzene rings is 2. The Labute approximate surface area is 109 Å². The molecule has 0 spiro atoms. The predicted molar refractivity (Wildman–Crippen MR) is 68.9 cm³/mol. The quantitative estimate of drug-likeness (QED) is 0.901. The molecular formula is C13H10Cl2O2. The van der Waals surface area contributed by atoms with Crippen LogP contribution in [0.5, 0.6) is 11.5 Å². The topological polar surface area (TPSA) is 29.5 Å². The summed E-state index contributed by atoms with van der Waals surface area (Å²) in [7, 11) is 0. The Hall–Kier alpha value is -1.22. The van der Waals surface area contributed by atoms with E-state index in [4.69, 9.17) is 33.0 Å². The molecule has 0 saturated heterocycles. The van der Waals surface area contributed by atoms with Crippen molar-refractivity contribution in [1.29, 1.82) is 0 Å². The van der Waals surface area contributed by atoms with Gasteiger partial charge in [0.1, 0.15) is 11.5 Å². The molecule has 4 heteroatoms. The van der Waals surface area contributed by atoms with Gasteiger partial charge in [-0.25, -0.2) is 0 Å². The average Bonchev–Trinajstić information content (AvgIpc) is 2.34. The molecule has 17 heavy (non-hydrogen) atoms. The summed E-state index contributed by atoms with van der Waals surface area (Å²) in [6.45, 7) is -0.0407. The van der Waals surface area contributed by atoms with Crippen LogP contribution in [0.3, 0.4) is 0 Å². The Morgan fingerprint density at radius 2 is 1.71 bits per heavy atom. The minimum Gasteiger partial charge on any atom is -0.456 e.